The molecule has 8 heteroatoms. The summed E-state index contributed by atoms with van der Waals surface area (Å²) in [6.45, 7) is 0.0976. The first-order valence-electron chi connectivity index (χ1n) is 8.32. The van der Waals surface area contributed by atoms with Gasteiger partial charge in [0, 0.05) is 18.8 Å². The molecule has 2 aromatic rings. The van der Waals surface area contributed by atoms with Gasteiger partial charge in [0.15, 0.2) is 0 Å². The number of carbonyl (C=O) groups excluding carboxylic acids is 2. The second kappa shape index (κ2) is 7.81. The van der Waals surface area contributed by atoms with Crippen LogP contribution in [-0.4, -0.2) is 34.5 Å². The predicted molar refractivity (Wildman–Crippen MR) is 93.8 cm³/mol. The van der Waals surface area contributed by atoms with Gasteiger partial charge in [-0.25, -0.2) is 4.98 Å². The molecular weight excluding hydrogens is 336 g/mol. The second-order valence-corrected chi connectivity index (χ2v) is 6.12. The van der Waals surface area contributed by atoms with Crippen LogP contribution >= 0.6 is 0 Å². The Morgan fingerprint density at radius 2 is 2.15 bits per heavy atom. The standard InChI is InChI=1S/C18H20N4O4/c1-26-14-4-2-3-12(7-14)8-20-16(23)10-22-11-19-9-15(18(22)25)17(24)21-13-5-6-13/h2-4,7,9,11,13H,5-6,8,10H2,1H3,(H,20,23)(H,21,24). The van der Waals surface area contributed by atoms with Crippen molar-refractivity contribution in [3.63, 3.8) is 0 Å². The quantitative estimate of drug-likeness (QED) is 0.750. The summed E-state index contributed by atoms with van der Waals surface area (Å²) in [5.41, 5.74) is 0.287. The molecule has 0 atom stereocenters. The molecule has 0 radical (unpaired) electrons. The third-order valence-corrected chi connectivity index (χ3v) is 4.00. The maximum Gasteiger partial charge on any atom is 0.266 e. The Morgan fingerprint density at radius 3 is 2.88 bits per heavy atom. The summed E-state index contributed by atoms with van der Waals surface area (Å²) in [6, 6.07) is 7.46. The van der Waals surface area contributed by atoms with E-state index in [1.54, 1.807) is 7.11 Å². The van der Waals surface area contributed by atoms with Crippen molar-refractivity contribution in [2.45, 2.75) is 32.0 Å². The molecule has 8 nitrogen and oxygen atoms in total. The number of ether oxygens (including phenoxy) is 1. The summed E-state index contributed by atoms with van der Waals surface area (Å²) < 4.78 is 6.26. The minimum absolute atomic E-state index is 0.0556. The van der Waals surface area contributed by atoms with Crippen LogP contribution in [0.4, 0.5) is 0 Å². The lowest BCUT2D eigenvalue weighted by Gasteiger charge is -2.09. The van der Waals surface area contributed by atoms with Crippen molar-refractivity contribution in [3.05, 3.63) is 58.3 Å². The number of carbonyl (C=O) groups is 2. The van der Waals surface area contributed by atoms with Crippen molar-refractivity contribution in [1.29, 1.82) is 0 Å². The molecule has 3 rings (SSSR count). The van der Waals surface area contributed by atoms with Gasteiger partial charge in [-0.15, -0.1) is 0 Å². The van der Waals surface area contributed by atoms with E-state index in [-0.39, 0.29) is 24.1 Å². The highest BCUT2D eigenvalue weighted by Crippen LogP contribution is 2.18. The van der Waals surface area contributed by atoms with E-state index in [0.717, 1.165) is 23.0 Å². The average Bonchev–Trinajstić information content (AvgIpc) is 3.46. The van der Waals surface area contributed by atoms with Crippen LogP contribution in [0.15, 0.2) is 41.6 Å². The zero-order chi connectivity index (χ0) is 18.5. The van der Waals surface area contributed by atoms with Gasteiger partial charge < -0.3 is 15.4 Å². The van der Waals surface area contributed by atoms with Crippen LogP contribution in [0.25, 0.3) is 0 Å². The van der Waals surface area contributed by atoms with Gasteiger partial charge in [0.2, 0.25) is 5.91 Å². The Balaban J connectivity index is 1.61. The highest BCUT2D eigenvalue weighted by atomic mass is 16.5. The minimum atomic E-state index is -0.533. The molecule has 0 unspecified atom stereocenters. The first-order valence-corrected chi connectivity index (χ1v) is 8.32. The molecule has 2 N–H and O–H groups in total. The zero-order valence-electron chi connectivity index (χ0n) is 14.4. The fourth-order valence-corrected chi connectivity index (χ4v) is 2.40. The molecule has 136 valence electrons. The lowest BCUT2D eigenvalue weighted by molar-refractivity contribution is -0.121. The lowest BCUT2D eigenvalue weighted by atomic mass is 10.2. The molecule has 1 aromatic carbocycles. The molecule has 1 aliphatic rings. The maximum atomic E-state index is 12.4. The van der Waals surface area contributed by atoms with Gasteiger partial charge >= 0.3 is 0 Å². The lowest BCUT2D eigenvalue weighted by Crippen LogP contribution is -2.37. The Bertz CT molecular complexity index is 873. The SMILES string of the molecule is COc1cccc(CNC(=O)Cn2cncc(C(=O)NC3CC3)c2=O)c1. The van der Waals surface area contributed by atoms with E-state index in [0.29, 0.717) is 12.3 Å². The van der Waals surface area contributed by atoms with Crippen LogP contribution < -0.4 is 20.9 Å². The fraction of sp³-hybridized carbons (Fsp3) is 0.333. The molecule has 0 spiro atoms. The summed E-state index contributed by atoms with van der Waals surface area (Å²) in [4.78, 5) is 40.4. The Hall–Kier alpha value is -3.16. The second-order valence-electron chi connectivity index (χ2n) is 6.12. The fourth-order valence-electron chi connectivity index (χ4n) is 2.40. The summed E-state index contributed by atoms with van der Waals surface area (Å²) in [6.07, 6.45) is 4.33. The number of nitrogens with one attached hydrogen (secondary N) is 2. The summed E-state index contributed by atoms with van der Waals surface area (Å²) >= 11 is 0. The van der Waals surface area contributed by atoms with Gasteiger partial charge in [-0.1, -0.05) is 12.1 Å². The first-order chi connectivity index (χ1) is 12.6. The largest absolute Gasteiger partial charge is 0.497 e. The number of rotatable bonds is 7. The molecule has 1 aromatic heterocycles. The van der Waals surface area contributed by atoms with Crippen molar-refractivity contribution >= 4 is 11.8 Å². The summed E-state index contributed by atoms with van der Waals surface area (Å²) in [5.74, 6) is -0.0980. The summed E-state index contributed by atoms with van der Waals surface area (Å²) in [7, 11) is 1.57. The number of aromatic nitrogens is 2. The van der Waals surface area contributed by atoms with E-state index in [9.17, 15) is 14.4 Å². The van der Waals surface area contributed by atoms with Crippen molar-refractivity contribution < 1.29 is 14.3 Å². The predicted octanol–water partition coefficient (Wildman–Crippen LogP) is 0.460. The molecule has 2 amide bonds. The Morgan fingerprint density at radius 1 is 1.35 bits per heavy atom. The van der Waals surface area contributed by atoms with E-state index in [2.05, 4.69) is 15.6 Å². The first kappa shape index (κ1) is 17.7. The highest BCUT2D eigenvalue weighted by molar-refractivity contribution is 5.93. The van der Waals surface area contributed by atoms with Crippen molar-refractivity contribution in [3.8, 4) is 5.75 Å². The van der Waals surface area contributed by atoms with E-state index in [1.807, 2.05) is 24.3 Å². The van der Waals surface area contributed by atoms with Crippen molar-refractivity contribution in [1.82, 2.24) is 20.2 Å². The normalized spacial score (nSPS) is 13.1. The monoisotopic (exact) mass is 356 g/mol. The molecule has 0 aliphatic heterocycles. The number of benzene rings is 1. The van der Waals surface area contributed by atoms with Crippen LogP contribution in [-0.2, 0) is 17.9 Å². The van der Waals surface area contributed by atoms with E-state index >= 15 is 0 Å². The van der Waals surface area contributed by atoms with Crippen molar-refractivity contribution in [2.24, 2.45) is 0 Å². The third kappa shape index (κ3) is 4.47. The molecule has 1 heterocycles. The Kier molecular flexibility index (Phi) is 5.31. The molecule has 1 aliphatic carbocycles. The highest BCUT2D eigenvalue weighted by Gasteiger charge is 2.25. The number of hydrogen-bond donors (Lipinski definition) is 2. The number of nitrogens with zero attached hydrogens (tertiary/aromatic N) is 2. The van der Waals surface area contributed by atoms with Gasteiger partial charge in [-0.05, 0) is 30.5 Å². The molecule has 0 saturated heterocycles. The Labute approximate surface area is 150 Å². The van der Waals surface area contributed by atoms with Gasteiger partial charge in [0.25, 0.3) is 11.5 Å². The smallest absolute Gasteiger partial charge is 0.266 e. The zero-order valence-corrected chi connectivity index (χ0v) is 14.4. The molecular formula is C18H20N4O4. The van der Waals surface area contributed by atoms with Gasteiger partial charge in [-0.2, -0.15) is 0 Å². The van der Waals surface area contributed by atoms with Gasteiger partial charge in [0.05, 0.1) is 13.4 Å². The van der Waals surface area contributed by atoms with Crippen molar-refractivity contribution in [2.75, 3.05) is 7.11 Å². The van der Waals surface area contributed by atoms with Gasteiger partial charge in [-0.3, -0.25) is 19.0 Å². The average molecular weight is 356 g/mol. The molecule has 1 saturated carbocycles. The van der Waals surface area contributed by atoms with Crippen LogP contribution in [0.2, 0.25) is 0 Å². The van der Waals surface area contributed by atoms with Crippen LogP contribution in [0.3, 0.4) is 0 Å². The van der Waals surface area contributed by atoms with Gasteiger partial charge in [0.1, 0.15) is 17.9 Å². The minimum Gasteiger partial charge on any atom is -0.497 e. The molecule has 26 heavy (non-hydrogen) atoms. The number of amides is 2. The third-order valence-electron chi connectivity index (χ3n) is 4.00. The molecule has 1 fully saturated rings. The number of hydrogen-bond acceptors (Lipinski definition) is 5. The maximum absolute atomic E-state index is 12.4. The number of methoxy groups -OCH3 is 1. The van der Waals surface area contributed by atoms with Crippen LogP contribution in [0.5, 0.6) is 5.75 Å². The summed E-state index contributed by atoms with van der Waals surface area (Å²) in [5, 5.41) is 5.48. The van der Waals surface area contributed by atoms with E-state index in [4.69, 9.17) is 4.74 Å². The van der Waals surface area contributed by atoms with E-state index in [1.165, 1.54) is 12.5 Å². The van der Waals surface area contributed by atoms with Crippen LogP contribution in [0, 0.1) is 0 Å². The topological polar surface area (TPSA) is 102 Å². The van der Waals surface area contributed by atoms with E-state index < -0.39 is 11.5 Å². The van der Waals surface area contributed by atoms with Crippen LogP contribution in [0.1, 0.15) is 28.8 Å². The molecule has 0 bridgehead atoms.